The van der Waals surface area contributed by atoms with Crippen molar-refractivity contribution in [2.24, 2.45) is 11.7 Å². The Morgan fingerprint density at radius 1 is 1.47 bits per heavy atom. The summed E-state index contributed by atoms with van der Waals surface area (Å²) in [6.45, 7) is 4.08. The number of hydrogen-bond donors (Lipinski definition) is 1. The van der Waals surface area contributed by atoms with E-state index in [0.717, 1.165) is 26.1 Å². The molecule has 1 saturated heterocycles. The van der Waals surface area contributed by atoms with Gasteiger partial charge in [-0.1, -0.05) is 25.1 Å². The minimum absolute atomic E-state index is 0.195. The van der Waals surface area contributed by atoms with Gasteiger partial charge in [-0.25, -0.2) is 4.39 Å². The zero-order valence-corrected chi connectivity index (χ0v) is 11.3. The molecule has 4 heteroatoms. The fraction of sp³-hybridized carbons (Fsp3) is 0.600. The molecule has 0 aliphatic carbocycles. The summed E-state index contributed by atoms with van der Waals surface area (Å²) in [6, 6.07) is 6.50. The van der Waals surface area contributed by atoms with Crippen molar-refractivity contribution in [2.45, 2.75) is 31.9 Å². The van der Waals surface area contributed by atoms with Gasteiger partial charge < -0.3 is 15.2 Å². The molecular formula is C15H22FNO2. The summed E-state index contributed by atoms with van der Waals surface area (Å²) < 4.78 is 25.1. The van der Waals surface area contributed by atoms with Gasteiger partial charge in [-0.15, -0.1) is 0 Å². The van der Waals surface area contributed by atoms with Crippen LogP contribution < -0.4 is 5.73 Å². The van der Waals surface area contributed by atoms with Crippen molar-refractivity contribution in [2.75, 3.05) is 19.8 Å². The van der Waals surface area contributed by atoms with Crippen LogP contribution in [0.5, 0.6) is 0 Å². The Hall–Kier alpha value is -0.970. The van der Waals surface area contributed by atoms with Crippen LogP contribution in [-0.2, 0) is 9.47 Å². The molecule has 3 nitrogen and oxygen atoms in total. The summed E-state index contributed by atoms with van der Waals surface area (Å²) in [5, 5.41) is 0. The normalized spacial score (nSPS) is 22.4. The highest BCUT2D eigenvalue weighted by molar-refractivity contribution is 5.21. The van der Waals surface area contributed by atoms with Crippen molar-refractivity contribution in [3.8, 4) is 0 Å². The van der Waals surface area contributed by atoms with E-state index < -0.39 is 0 Å². The largest absolute Gasteiger partial charge is 0.381 e. The van der Waals surface area contributed by atoms with Gasteiger partial charge in [0.05, 0.1) is 13.2 Å². The Balaban J connectivity index is 2.05. The fourth-order valence-electron chi connectivity index (χ4n) is 2.32. The van der Waals surface area contributed by atoms with Crippen molar-refractivity contribution in [1.29, 1.82) is 0 Å². The lowest BCUT2D eigenvalue weighted by Gasteiger charge is -2.25. The first-order valence-corrected chi connectivity index (χ1v) is 6.91. The first-order chi connectivity index (χ1) is 9.22. The summed E-state index contributed by atoms with van der Waals surface area (Å²) in [4.78, 5) is 0. The van der Waals surface area contributed by atoms with Crippen molar-refractivity contribution in [1.82, 2.24) is 0 Å². The zero-order valence-electron chi connectivity index (χ0n) is 11.3. The van der Waals surface area contributed by atoms with Gasteiger partial charge in [0.2, 0.25) is 0 Å². The van der Waals surface area contributed by atoms with Crippen molar-refractivity contribution >= 4 is 0 Å². The second-order valence-corrected chi connectivity index (χ2v) is 5.08. The standard InChI is InChI=1S/C15H22FNO2/c1-2-14(17)15(12-5-3-4-6-13(12)16)19-10-11-7-8-18-9-11/h3-6,11,14-15H,2,7-10,17H2,1H3. The molecule has 2 rings (SSSR count). The molecular weight excluding hydrogens is 245 g/mol. The molecule has 1 aromatic carbocycles. The van der Waals surface area contributed by atoms with E-state index in [9.17, 15) is 4.39 Å². The quantitative estimate of drug-likeness (QED) is 0.861. The van der Waals surface area contributed by atoms with Crippen LogP contribution in [0.1, 0.15) is 31.4 Å². The second-order valence-electron chi connectivity index (χ2n) is 5.08. The molecule has 0 amide bonds. The molecule has 0 saturated carbocycles. The van der Waals surface area contributed by atoms with Gasteiger partial charge in [0.15, 0.2) is 0 Å². The third-order valence-electron chi connectivity index (χ3n) is 3.61. The predicted molar refractivity (Wildman–Crippen MR) is 72.3 cm³/mol. The van der Waals surface area contributed by atoms with Crippen LogP contribution in [0.4, 0.5) is 4.39 Å². The topological polar surface area (TPSA) is 44.5 Å². The number of ether oxygens (including phenoxy) is 2. The van der Waals surface area contributed by atoms with Crippen molar-refractivity contribution in [3.63, 3.8) is 0 Å². The molecule has 1 heterocycles. The van der Waals surface area contributed by atoms with E-state index in [2.05, 4.69) is 0 Å². The van der Waals surface area contributed by atoms with E-state index in [1.54, 1.807) is 12.1 Å². The lowest BCUT2D eigenvalue weighted by atomic mass is 10.00. The third-order valence-corrected chi connectivity index (χ3v) is 3.61. The van der Waals surface area contributed by atoms with Crippen LogP contribution >= 0.6 is 0 Å². The summed E-state index contributed by atoms with van der Waals surface area (Å²) in [5.41, 5.74) is 6.63. The number of rotatable bonds is 6. The van der Waals surface area contributed by atoms with E-state index in [1.807, 2.05) is 13.0 Å². The SMILES string of the molecule is CCC(N)C(OCC1CCOC1)c1ccccc1F. The molecule has 2 N–H and O–H groups in total. The molecule has 0 aromatic heterocycles. The van der Waals surface area contributed by atoms with E-state index in [0.29, 0.717) is 18.1 Å². The van der Waals surface area contributed by atoms with Gasteiger partial charge in [-0.2, -0.15) is 0 Å². The van der Waals surface area contributed by atoms with E-state index in [1.165, 1.54) is 6.07 Å². The molecule has 1 aliphatic heterocycles. The van der Waals surface area contributed by atoms with Crippen molar-refractivity contribution < 1.29 is 13.9 Å². The maximum absolute atomic E-state index is 13.9. The van der Waals surface area contributed by atoms with Gasteiger partial charge in [-0.3, -0.25) is 0 Å². The van der Waals surface area contributed by atoms with E-state index in [4.69, 9.17) is 15.2 Å². The van der Waals surface area contributed by atoms with Crippen LogP contribution in [0, 0.1) is 11.7 Å². The first-order valence-electron chi connectivity index (χ1n) is 6.91. The average Bonchev–Trinajstić information content (AvgIpc) is 2.93. The van der Waals surface area contributed by atoms with Gasteiger partial charge in [0, 0.05) is 24.1 Å². The summed E-state index contributed by atoms with van der Waals surface area (Å²) in [7, 11) is 0. The minimum Gasteiger partial charge on any atom is -0.381 e. The lowest BCUT2D eigenvalue weighted by molar-refractivity contribution is 0.00757. The Morgan fingerprint density at radius 2 is 2.26 bits per heavy atom. The maximum atomic E-state index is 13.9. The van der Waals surface area contributed by atoms with Crippen molar-refractivity contribution in [3.05, 3.63) is 35.6 Å². The molecule has 0 spiro atoms. The smallest absolute Gasteiger partial charge is 0.129 e. The number of halogens is 1. The number of hydrogen-bond acceptors (Lipinski definition) is 3. The summed E-state index contributed by atoms with van der Waals surface area (Å²) in [6.07, 6.45) is 1.37. The van der Waals surface area contributed by atoms with E-state index >= 15 is 0 Å². The molecule has 3 atom stereocenters. The Bertz CT molecular complexity index is 393. The van der Waals surface area contributed by atoms with Crippen LogP contribution in [0.25, 0.3) is 0 Å². The first kappa shape index (κ1) is 14.4. The lowest BCUT2D eigenvalue weighted by Crippen LogP contribution is -2.31. The fourth-order valence-corrected chi connectivity index (χ4v) is 2.32. The Kier molecular flexibility index (Phi) is 5.31. The Morgan fingerprint density at radius 3 is 2.89 bits per heavy atom. The molecule has 0 radical (unpaired) electrons. The highest BCUT2D eigenvalue weighted by Gasteiger charge is 2.25. The molecule has 1 aromatic rings. The van der Waals surface area contributed by atoms with Gasteiger partial charge >= 0.3 is 0 Å². The third kappa shape index (κ3) is 3.75. The summed E-state index contributed by atoms with van der Waals surface area (Å²) in [5.74, 6) is 0.150. The second kappa shape index (κ2) is 6.98. The number of benzene rings is 1. The molecule has 1 fully saturated rings. The van der Waals surface area contributed by atoms with E-state index in [-0.39, 0.29) is 18.0 Å². The molecule has 1 aliphatic rings. The predicted octanol–water partition coefficient (Wildman–Crippen LogP) is 2.66. The average molecular weight is 267 g/mol. The van der Waals surface area contributed by atoms with Crippen LogP contribution in [0.2, 0.25) is 0 Å². The van der Waals surface area contributed by atoms with Gasteiger partial charge in [-0.05, 0) is 18.9 Å². The highest BCUT2D eigenvalue weighted by atomic mass is 19.1. The monoisotopic (exact) mass is 267 g/mol. The highest BCUT2D eigenvalue weighted by Crippen LogP contribution is 2.26. The minimum atomic E-state index is -0.383. The van der Waals surface area contributed by atoms with Crippen LogP contribution in [-0.4, -0.2) is 25.9 Å². The maximum Gasteiger partial charge on any atom is 0.129 e. The summed E-state index contributed by atoms with van der Waals surface area (Å²) >= 11 is 0. The van der Waals surface area contributed by atoms with Crippen LogP contribution in [0.15, 0.2) is 24.3 Å². The van der Waals surface area contributed by atoms with Crippen LogP contribution in [0.3, 0.4) is 0 Å². The molecule has 19 heavy (non-hydrogen) atoms. The number of nitrogens with two attached hydrogens (primary N) is 1. The molecule has 106 valence electrons. The molecule has 3 unspecified atom stereocenters. The molecule has 0 bridgehead atoms. The Labute approximate surface area is 113 Å². The zero-order chi connectivity index (χ0) is 13.7. The van der Waals surface area contributed by atoms with Gasteiger partial charge in [0.1, 0.15) is 11.9 Å². The van der Waals surface area contributed by atoms with Gasteiger partial charge in [0.25, 0.3) is 0 Å².